The summed E-state index contributed by atoms with van der Waals surface area (Å²) in [6, 6.07) is 0. The van der Waals surface area contributed by atoms with Gasteiger partial charge in [-0.1, -0.05) is 0 Å². The standard InChI is InChI=1S/C9H14N2O2/c12-9-4-10-11(6-9)5-8-2-1-3-13-7-8/h4,6,8,12H,1-3,5,7H2. The van der Waals surface area contributed by atoms with Crippen LogP contribution in [0.4, 0.5) is 0 Å². The first kappa shape index (κ1) is 8.56. The fourth-order valence-corrected chi connectivity index (χ4v) is 1.67. The normalized spacial score (nSPS) is 23.2. The SMILES string of the molecule is Oc1cnn(CC2CCCOC2)c1. The van der Waals surface area contributed by atoms with E-state index in [2.05, 4.69) is 5.10 Å². The Morgan fingerprint density at radius 2 is 2.62 bits per heavy atom. The predicted octanol–water partition coefficient (Wildman–Crippen LogP) is 1.02. The summed E-state index contributed by atoms with van der Waals surface area (Å²) < 4.78 is 7.13. The molecule has 0 aromatic carbocycles. The van der Waals surface area contributed by atoms with Crippen molar-refractivity contribution in [2.24, 2.45) is 5.92 Å². The van der Waals surface area contributed by atoms with Crippen LogP contribution in [0.1, 0.15) is 12.8 Å². The van der Waals surface area contributed by atoms with Gasteiger partial charge in [-0.2, -0.15) is 5.10 Å². The average Bonchev–Trinajstić information content (AvgIpc) is 2.53. The van der Waals surface area contributed by atoms with Gasteiger partial charge in [0.1, 0.15) is 0 Å². The lowest BCUT2D eigenvalue weighted by atomic mass is 10.0. The van der Waals surface area contributed by atoms with Gasteiger partial charge < -0.3 is 9.84 Å². The molecule has 1 atom stereocenters. The van der Waals surface area contributed by atoms with Gasteiger partial charge in [-0.15, -0.1) is 0 Å². The van der Waals surface area contributed by atoms with Crippen molar-refractivity contribution in [2.45, 2.75) is 19.4 Å². The number of aromatic hydroxyl groups is 1. The van der Waals surface area contributed by atoms with Gasteiger partial charge in [0.15, 0.2) is 5.75 Å². The molecule has 0 radical (unpaired) electrons. The molecule has 0 saturated carbocycles. The maximum Gasteiger partial charge on any atom is 0.153 e. The number of hydrogen-bond donors (Lipinski definition) is 1. The molecule has 13 heavy (non-hydrogen) atoms. The van der Waals surface area contributed by atoms with E-state index < -0.39 is 0 Å². The second-order valence-electron chi connectivity index (χ2n) is 3.50. The van der Waals surface area contributed by atoms with Gasteiger partial charge >= 0.3 is 0 Å². The van der Waals surface area contributed by atoms with Crippen LogP contribution in [0.5, 0.6) is 5.75 Å². The summed E-state index contributed by atoms with van der Waals surface area (Å²) in [6.45, 7) is 2.56. The summed E-state index contributed by atoms with van der Waals surface area (Å²) in [5, 5.41) is 13.1. The molecule has 0 spiro atoms. The molecule has 4 nitrogen and oxygen atoms in total. The Labute approximate surface area is 77.1 Å². The van der Waals surface area contributed by atoms with Crippen LogP contribution in [-0.2, 0) is 11.3 Å². The molecule has 2 rings (SSSR count). The average molecular weight is 182 g/mol. The van der Waals surface area contributed by atoms with Crippen LogP contribution in [-0.4, -0.2) is 28.1 Å². The Morgan fingerprint density at radius 3 is 3.23 bits per heavy atom. The minimum atomic E-state index is 0.233. The number of rotatable bonds is 2. The number of hydrogen-bond acceptors (Lipinski definition) is 3. The number of nitrogens with zero attached hydrogens (tertiary/aromatic N) is 2. The highest BCUT2D eigenvalue weighted by atomic mass is 16.5. The molecule has 1 aliphatic heterocycles. The lowest BCUT2D eigenvalue weighted by molar-refractivity contribution is 0.0470. The van der Waals surface area contributed by atoms with Crippen LogP contribution in [0.25, 0.3) is 0 Å². The minimum absolute atomic E-state index is 0.233. The zero-order valence-electron chi connectivity index (χ0n) is 7.52. The van der Waals surface area contributed by atoms with E-state index >= 15 is 0 Å². The first-order valence-corrected chi connectivity index (χ1v) is 4.64. The fourth-order valence-electron chi connectivity index (χ4n) is 1.67. The zero-order valence-corrected chi connectivity index (χ0v) is 7.52. The summed E-state index contributed by atoms with van der Waals surface area (Å²) in [6.07, 6.45) is 5.44. The monoisotopic (exact) mass is 182 g/mol. The maximum absolute atomic E-state index is 9.07. The van der Waals surface area contributed by atoms with Gasteiger partial charge in [-0.05, 0) is 12.8 Å². The number of ether oxygens (including phenoxy) is 1. The third kappa shape index (κ3) is 2.21. The highest BCUT2D eigenvalue weighted by Crippen LogP contribution is 2.16. The highest BCUT2D eigenvalue weighted by Gasteiger charge is 2.14. The molecular weight excluding hydrogens is 168 g/mol. The Balaban J connectivity index is 1.89. The Kier molecular flexibility index (Phi) is 2.49. The molecule has 0 amide bonds. The lowest BCUT2D eigenvalue weighted by Crippen LogP contribution is -2.22. The van der Waals surface area contributed by atoms with Crippen LogP contribution < -0.4 is 0 Å². The smallest absolute Gasteiger partial charge is 0.153 e. The molecule has 1 N–H and O–H groups in total. The largest absolute Gasteiger partial charge is 0.505 e. The van der Waals surface area contributed by atoms with Crippen molar-refractivity contribution >= 4 is 0 Å². The Morgan fingerprint density at radius 1 is 1.69 bits per heavy atom. The van der Waals surface area contributed by atoms with Crippen LogP contribution in [0, 0.1) is 5.92 Å². The van der Waals surface area contributed by atoms with E-state index in [9.17, 15) is 0 Å². The van der Waals surface area contributed by atoms with Crippen molar-refractivity contribution < 1.29 is 9.84 Å². The molecule has 1 saturated heterocycles. The van der Waals surface area contributed by atoms with Crippen LogP contribution in [0.2, 0.25) is 0 Å². The molecular formula is C9H14N2O2. The second-order valence-corrected chi connectivity index (χ2v) is 3.50. The summed E-state index contributed by atoms with van der Waals surface area (Å²) in [7, 11) is 0. The summed E-state index contributed by atoms with van der Waals surface area (Å²) in [5.74, 6) is 0.782. The second kappa shape index (κ2) is 3.79. The maximum atomic E-state index is 9.07. The van der Waals surface area contributed by atoms with Crippen LogP contribution >= 0.6 is 0 Å². The van der Waals surface area contributed by atoms with Crippen molar-refractivity contribution in [3.8, 4) is 5.75 Å². The van der Waals surface area contributed by atoms with E-state index in [-0.39, 0.29) is 5.75 Å². The fraction of sp³-hybridized carbons (Fsp3) is 0.667. The Hall–Kier alpha value is -1.03. The van der Waals surface area contributed by atoms with Gasteiger partial charge in [0.25, 0.3) is 0 Å². The van der Waals surface area contributed by atoms with Crippen LogP contribution in [0.15, 0.2) is 12.4 Å². The van der Waals surface area contributed by atoms with Crippen molar-refractivity contribution in [1.29, 1.82) is 0 Å². The van der Waals surface area contributed by atoms with Gasteiger partial charge in [-0.25, -0.2) is 0 Å². The summed E-state index contributed by atoms with van der Waals surface area (Å²) in [4.78, 5) is 0. The third-order valence-electron chi connectivity index (χ3n) is 2.32. The molecule has 0 aliphatic carbocycles. The molecule has 1 aromatic heterocycles. The van der Waals surface area contributed by atoms with E-state index in [1.54, 1.807) is 10.9 Å². The van der Waals surface area contributed by atoms with Crippen molar-refractivity contribution in [1.82, 2.24) is 9.78 Å². The first-order chi connectivity index (χ1) is 6.34. The number of aromatic nitrogens is 2. The molecule has 1 unspecified atom stereocenters. The van der Waals surface area contributed by atoms with Gasteiger partial charge in [0.05, 0.1) is 19.0 Å². The van der Waals surface area contributed by atoms with Crippen LogP contribution in [0.3, 0.4) is 0 Å². The van der Waals surface area contributed by atoms with Gasteiger partial charge in [0.2, 0.25) is 0 Å². The molecule has 4 heteroatoms. The van der Waals surface area contributed by atoms with Gasteiger partial charge in [-0.3, -0.25) is 4.68 Å². The highest BCUT2D eigenvalue weighted by molar-refractivity contribution is 5.08. The van der Waals surface area contributed by atoms with E-state index in [4.69, 9.17) is 9.84 Å². The molecule has 0 bridgehead atoms. The van der Waals surface area contributed by atoms with E-state index in [1.165, 1.54) is 12.6 Å². The summed E-state index contributed by atoms with van der Waals surface area (Å²) >= 11 is 0. The quantitative estimate of drug-likeness (QED) is 0.742. The summed E-state index contributed by atoms with van der Waals surface area (Å²) in [5.41, 5.74) is 0. The third-order valence-corrected chi connectivity index (χ3v) is 2.32. The molecule has 72 valence electrons. The minimum Gasteiger partial charge on any atom is -0.505 e. The first-order valence-electron chi connectivity index (χ1n) is 4.64. The molecule has 2 heterocycles. The topological polar surface area (TPSA) is 47.3 Å². The molecule has 1 aliphatic rings. The predicted molar refractivity (Wildman–Crippen MR) is 47.4 cm³/mol. The Bertz CT molecular complexity index is 266. The molecule has 1 fully saturated rings. The van der Waals surface area contributed by atoms with Crippen molar-refractivity contribution in [3.63, 3.8) is 0 Å². The lowest BCUT2D eigenvalue weighted by Gasteiger charge is -2.21. The van der Waals surface area contributed by atoms with Crippen molar-refractivity contribution in [3.05, 3.63) is 12.4 Å². The molecule has 1 aromatic rings. The van der Waals surface area contributed by atoms with E-state index in [0.29, 0.717) is 5.92 Å². The zero-order chi connectivity index (χ0) is 9.10. The van der Waals surface area contributed by atoms with Crippen molar-refractivity contribution in [2.75, 3.05) is 13.2 Å². The van der Waals surface area contributed by atoms with Gasteiger partial charge in [0, 0.05) is 19.1 Å². The van der Waals surface area contributed by atoms with E-state index in [0.717, 1.165) is 26.2 Å². The van der Waals surface area contributed by atoms with E-state index in [1.807, 2.05) is 0 Å².